The summed E-state index contributed by atoms with van der Waals surface area (Å²) in [5, 5.41) is 0.391. The lowest BCUT2D eigenvalue weighted by Crippen LogP contribution is -1.93. The average Bonchev–Trinajstić information content (AvgIpc) is 2.85. The molecule has 20 heavy (non-hydrogen) atoms. The zero-order valence-corrected chi connectivity index (χ0v) is 11.5. The van der Waals surface area contributed by atoms with E-state index in [9.17, 15) is 4.79 Å². The summed E-state index contributed by atoms with van der Waals surface area (Å²) in [5.41, 5.74) is 1.86. The van der Waals surface area contributed by atoms with Gasteiger partial charge in [-0.2, -0.15) is 0 Å². The van der Waals surface area contributed by atoms with Crippen LogP contribution in [0.15, 0.2) is 48.5 Å². The molecule has 4 heteroatoms. The van der Waals surface area contributed by atoms with Crippen LogP contribution in [0.25, 0.3) is 10.8 Å². The average molecular weight is 287 g/mol. The Morgan fingerprint density at radius 3 is 2.55 bits per heavy atom. The van der Waals surface area contributed by atoms with E-state index in [0.717, 1.165) is 5.56 Å². The van der Waals surface area contributed by atoms with E-state index in [-0.39, 0.29) is 0 Å². The van der Waals surface area contributed by atoms with Crippen molar-refractivity contribution < 1.29 is 14.3 Å². The molecule has 2 aromatic rings. The number of esters is 1. The molecule has 0 saturated carbocycles. The van der Waals surface area contributed by atoms with Crippen molar-refractivity contribution in [3.63, 3.8) is 0 Å². The lowest BCUT2D eigenvalue weighted by Gasteiger charge is -2.08. The molecule has 0 spiro atoms. The summed E-state index contributed by atoms with van der Waals surface area (Å²) in [6.45, 7) is 0. The molecule has 0 atom stereocenters. The van der Waals surface area contributed by atoms with Gasteiger partial charge in [0.25, 0.3) is 0 Å². The molecule has 3 nitrogen and oxygen atoms in total. The highest BCUT2D eigenvalue weighted by Gasteiger charge is 2.32. The zero-order valence-electron chi connectivity index (χ0n) is 10.7. The topological polar surface area (TPSA) is 35.5 Å². The molecule has 0 aromatic heterocycles. The molecule has 2 aromatic carbocycles. The fourth-order valence-corrected chi connectivity index (χ4v) is 2.43. The molecule has 0 amide bonds. The molecule has 1 aliphatic heterocycles. The molecule has 0 N–H and O–H groups in total. The molecule has 0 unspecified atom stereocenters. The van der Waals surface area contributed by atoms with Crippen molar-refractivity contribution in [1.29, 1.82) is 0 Å². The summed E-state index contributed by atoms with van der Waals surface area (Å²) < 4.78 is 10.6. The fraction of sp³-hybridized carbons (Fsp3) is 0.0625. The van der Waals surface area contributed by atoms with Crippen LogP contribution < -0.4 is 4.74 Å². The van der Waals surface area contributed by atoms with Gasteiger partial charge in [0.1, 0.15) is 5.75 Å². The van der Waals surface area contributed by atoms with Gasteiger partial charge in [-0.05, 0) is 17.7 Å². The fourth-order valence-electron chi connectivity index (χ4n) is 2.17. The minimum Gasteiger partial charge on any atom is -0.496 e. The van der Waals surface area contributed by atoms with Crippen molar-refractivity contribution in [2.75, 3.05) is 7.11 Å². The first-order chi connectivity index (χ1) is 9.72. The predicted molar refractivity (Wildman–Crippen MR) is 77.5 cm³/mol. The minimum absolute atomic E-state index is 0.343. The number of ether oxygens (including phenoxy) is 2. The Balaban J connectivity index is 2.23. The number of rotatable bonds is 2. The molecule has 1 heterocycles. The SMILES string of the molecule is COc1cccc2c1/C(=C(\Cl)c1ccccc1)OC2=O. The van der Waals surface area contributed by atoms with Gasteiger partial charge in [-0.25, -0.2) is 4.79 Å². The quantitative estimate of drug-likeness (QED) is 0.785. The first-order valence-electron chi connectivity index (χ1n) is 6.07. The van der Waals surface area contributed by atoms with Crippen molar-refractivity contribution in [2.45, 2.75) is 0 Å². The lowest BCUT2D eigenvalue weighted by molar-refractivity contribution is 0.0717. The number of hydrogen-bond acceptors (Lipinski definition) is 3. The summed E-state index contributed by atoms with van der Waals surface area (Å²) in [6.07, 6.45) is 0. The van der Waals surface area contributed by atoms with Crippen LogP contribution in [0.1, 0.15) is 21.5 Å². The van der Waals surface area contributed by atoms with Crippen LogP contribution in [0.4, 0.5) is 0 Å². The number of benzene rings is 2. The molecule has 100 valence electrons. The normalized spacial score (nSPS) is 15.6. The Kier molecular flexibility index (Phi) is 3.20. The third kappa shape index (κ3) is 1.96. The number of carbonyl (C=O) groups is 1. The molecular formula is C16H11ClO3. The molecule has 0 saturated heterocycles. The summed E-state index contributed by atoms with van der Waals surface area (Å²) in [4.78, 5) is 11.9. The van der Waals surface area contributed by atoms with Crippen LogP contribution in [0, 0.1) is 0 Å². The number of methoxy groups -OCH3 is 1. The van der Waals surface area contributed by atoms with Crippen LogP contribution in [-0.4, -0.2) is 13.1 Å². The smallest absolute Gasteiger partial charge is 0.344 e. The summed E-state index contributed by atoms with van der Waals surface area (Å²) in [7, 11) is 1.55. The van der Waals surface area contributed by atoms with Crippen molar-refractivity contribution >= 4 is 28.4 Å². The van der Waals surface area contributed by atoms with E-state index in [2.05, 4.69) is 0 Å². The van der Waals surface area contributed by atoms with Gasteiger partial charge < -0.3 is 9.47 Å². The first kappa shape index (κ1) is 12.8. The van der Waals surface area contributed by atoms with Crippen LogP contribution in [0.3, 0.4) is 0 Å². The summed E-state index contributed by atoms with van der Waals surface area (Å²) >= 11 is 6.38. The van der Waals surface area contributed by atoms with E-state index in [1.807, 2.05) is 30.3 Å². The second-order valence-corrected chi connectivity index (χ2v) is 4.66. The summed E-state index contributed by atoms with van der Waals surface area (Å²) in [6, 6.07) is 14.6. The zero-order chi connectivity index (χ0) is 14.1. The third-order valence-corrected chi connectivity index (χ3v) is 3.50. The molecule has 0 bridgehead atoms. The van der Waals surface area contributed by atoms with Crippen LogP contribution in [0.2, 0.25) is 0 Å². The van der Waals surface area contributed by atoms with Gasteiger partial charge in [0.05, 0.1) is 23.3 Å². The van der Waals surface area contributed by atoms with Crippen molar-refractivity contribution in [2.24, 2.45) is 0 Å². The second-order valence-electron chi connectivity index (χ2n) is 4.28. The number of halogens is 1. The minimum atomic E-state index is -0.414. The number of cyclic esters (lactones) is 1. The van der Waals surface area contributed by atoms with Crippen LogP contribution >= 0.6 is 11.6 Å². The molecule has 0 radical (unpaired) electrons. The van der Waals surface area contributed by atoms with Crippen molar-refractivity contribution in [1.82, 2.24) is 0 Å². The van der Waals surface area contributed by atoms with E-state index >= 15 is 0 Å². The highest BCUT2D eigenvalue weighted by Crippen LogP contribution is 2.42. The lowest BCUT2D eigenvalue weighted by atomic mass is 10.0. The van der Waals surface area contributed by atoms with Gasteiger partial charge in [-0.1, -0.05) is 48.0 Å². The summed E-state index contributed by atoms with van der Waals surface area (Å²) in [5.74, 6) is 0.496. The molecule has 1 aliphatic rings. The molecule has 0 fully saturated rings. The standard InChI is InChI=1S/C16H11ClO3/c1-19-12-9-5-8-11-13(12)15(20-16(11)18)14(17)10-6-3-2-4-7-10/h2-9H,1H3/b15-14+. The van der Waals surface area contributed by atoms with E-state index in [1.54, 1.807) is 25.3 Å². The Bertz CT molecular complexity index is 705. The third-order valence-electron chi connectivity index (χ3n) is 3.11. The highest BCUT2D eigenvalue weighted by molar-refractivity contribution is 6.52. The van der Waals surface area contributed by atoms with Gasteiger partial charge >= 0.3 is 5.97 Å². The predicted octanol–water partition coefficient (Wildman–Crippen LogP) is 3.93. The van der Waals surface area contributed by atoms with Crippen LogP contribution in [-0.2, 0) is 4.74 Å². The largest absolute Gasteiger partial charge is 0.496 e. The first-order valence-corrected chi connectivity index (χ1v) is 6.45. The monoisotopic (exact) mass is 286 g/mol. The number of carbonyl (C=O) groups excluding carboxylic acids is 1. The van der Waals surface area contributed by atoms with Crippen LogP contribution in [0.5, 0.6) is 5.75 Å². The number of hydrogen-bond donors (Lipinski definition) is 0. The van der Waals surface area contributed by atoms with Crippen molar-refractivity contribution in [3.05, 3.63) is 65.2 Å². The highest BCUT2D eigenvalue weighted by atomic mass is 35.5. The molecular weight excluding hydrogens is 276 g/mol. The Morgan fingerprint density at radius 1 is 1.10 bits per heavy atom. The maximum absolute atomic E-state index is 11.9. The molecule has 3 rings (SSSR count). The van der Waals surface area contributed by atoms with E-state index in [0.29, 0.717) is 27.7 Å². The van der Waals surface area contributed by atoms with Gasteiger partial charge in [-0.3, -0.25) is 0 Å². The van der Waals surface area contributed by atoms with Gasteiger partial charge in [-0.15, -0.1) is 0 Å². The van der Waals surface area contributed by atoms with E-state index in [4.69, 9.17) is 21.1 Å². The Labute approximate surface area is 121 Å². The van der Waals surface area contributed by atoms with Gasteiger partial charge in [0.15, 0.2) is 5.76 Å². The number of fused-ring (bicyclic) bond motifs is 1. The molecule has 0 aliphatic carbocycles. The van der Waals surface area contributed by atoms with Gasteiger partial charge in [0.2, 0.25) is 0 Å². The van der Waals surface area contributed by atoms with Gasteiger partial charge in [0, 0.05) is 0 Å². The Morgan fingerprint density at radius 2 is 1.85 bits per heavy atom. The second kappa shape index (κ2) is 5.02. The van der Waals surface area contributed by atoms with E-state index < -0.39 is 5.97 Å². The van der Waals surface area contributed by atoms with E-state index in [1.165, 1.54) is 0 Å². The Hall–Kier alpha value is -2.26. The maximum Gasteiger partial charge on any atom is 0.344 e. The maximum atomic E-state index is 11.9. The van der Waals surface area contributed by atoms with Crippen molar-refractivity contribution in [3.8, 4) is 5.75 Å².